The van der Waals surface area contributed by atoms with Crippen LogP contribution in [0.15, 0.2) is 30.6 Å². The molecule has 0 atom stereocenters. The van der Waals surface area contributed by atoms with E-state index in [2.05, 4.69) is 15.3 Å². The summed E-state index contributed by atoms with van der Waals surface area (Å²) < 4.78 is 0. The molecule has 2 aromatic rings. The minimum Gasteiger partial charge on any atom is -0.321 e. The summed E-state index contributed by atoms with van der Waals surface area (Å²) in [5.41, 5.74) is 2.81. The van der Waals surface area contributed by atoms with E-state index in [-0.39, 0.29) is 5.91 Å². The minimum atomic E-state index is -0.217. The molecule has 2 rings (SSSR count). The Bertz CT molecular complexity index is 581. The fraction of sp³-hybridized carbons (Fsp3) is 0.154. The Morgan fingerprint density at radius 1 is 1.22 bits per heavy atom. The predicted molar refractivity (Wildman–Crippen MR) is 70.9 cm³/mol. The zero-order valence-corrected chi connectivity index (χ0v) is 10.8. The van der Waals surface area contributed by atoms with Crippen molar-refractivity contribution in [2.75, 3.05) is 5.32 Å². The van der Waals surface area contributed by atoms with Crippen LogP contribution in [0.2, 0.25) is 5.15 Å². The summed E-state index contributed by atoms with van der Waals surface area (Å²) >= 11 is 5.82. The number of rotatable bonds is 2. The first-order valence-corrected chi connectivity index (χ1v) is 5.80. The fourth-order valence-corrected chi connectivity index (χ4v) is 1.54. The molecule has 2 heterocycles. The second-order valence-corrected chi connectivity index (χ2v) is 4.33. The first-order chi connectivity index (χ1) is 8.56. The van der Waals surface area contributed by atoms with Crippen molar-refractivity contribution in [3.05, 3.63) is 52.6 Å². The van der Waals surface area contributed by atoms with Gasteiger partial charge in [-0.15, -0.1) is 0 Å². The molecular formula is C13H12ClN3O. The quantitative estimate of drug-likeness (QED) is 0.846. The van der Waals surface area contributed by atoms with E-state index in [0.717, 1.165) is 11.3 Å². The van der Waals surface area contributed by atoms with Crippen LogP contribution in [0.1, 0.15) is 21.6 Å². The summed E-state index contributed by atoms with van der Waals surface area (Å²) in [6.07, 6.45) is 3.07. The molecule has 1 N–H and O–H groups in total. The zero-order chi connectivity index (χ0) is 13.1. The van der Waals surface area contributed by atoms with E-state index in [9.17, 15) is 4.79 Å². The monoisotopic (exact) mass is 261 g/mol. The van der Waals surface area contributed by atoms with Crippen LogP contribution < -0.4 is 5.32 Å². The number of carbonyl (C=O) groups excluding carboxylic acids is 1. The van der Waals surface area contributed by atoms with Gasteiger partial charge in [-0.3, -0.25) is 9.78 Å². The van der Waals surface area contributed by atoms with Crippen LogP contribution in [0.4, 0.5) is 5.69 Å². The van der Waals surface area contributed by atoms with Crippen LogP contribution >= 0.6 is 11.6 Å². The van der Waals surface area contributed by atoms with Crippen LogP contribution in [0.5, 0.6) is 0 Å². The van der Waals surface area contributed by atoms with Crippen molar-refractivity contribution >= 4 is 23.2 Å². The molecule has 0 aliphatic heterocycles. The fourth-order valence-electron chi connectivity index (χ4n) is 1.43. The van der Waals surface area contributed by atoms with Gasteiger partial charge in [0.25, 0.3) is 5.91 Å². The SMILES string of the molecule is Cc1ccc(C(=O)Nc2cnc(Cl)c(C)c2)cn1. The Kier molecular flexibility index (Phi) is 3.58. The van der Waals surface area contributed by atoms with Crippen LogP contribution in [-0.2, 0) is 0 Å². The van der Waals surface area contributed by atoms with E-state index in [0.29, 0.717) is 16.4 Å². The van der Waals surface area contributed by atoms with E-state index >= 15 is 0 Å². The second-order valence-electron chi connectivity index (χ2n) is 3.97. The second kappa shape index (κ2) is 5.14. The van der Waals surface area contributed by atoms with Crippen molar-refractivity contribution in [3.8, 4) is 0 Å². The molecule has 0 aliphatic carbocycles. The van der Waals surface area contributed by atoms with Gasteiger partial charge < -0.3 is 5.32 Å². The largest absolute Gasteiger partial charge is 0.321 e. The van der Waals surface area contributed by atoms with Crippen molar-refractivity contribution in [2.24, 2.45) is 0 Å². The zero-order valence-electron chi connectivity index (χ0n) is 10.1. The molecule has 0 fully saturated rings. The number of pyridine rings is 2. The first-order valence-electron chi connectivity index (χ1n) is 5.42. The molecule has 0 saturated heterocycles. The highest BCUT2D eigenvalue weighted by Gasteiger charge is 2.07. The smallest absolute Gasteiger partial charge is 0.257 e. The topological polar surface area (TPSA) is 54.9 Å². The Morgan fingerprint density at radius 3 is 2.61 bits per heavy atom. The summed E-state index contributed by atoms with van der Waals surface area (Å²) in [6, 6.07) is 5.29. The molecule has 0 saturated carbocycles. The van der Waals surface area contributed by atoms with Gasteiger partial charge in [-0.2, -0.15) is 0 Å². The number of carbonyl (C=O) groups is 1. The Balaban J connectivity index is 2.16. The molecule has 5 heteroatoms. The van der Waals surface area contributed by atoms with Gasteiger partial charge in [-0.05, 0) is 37.6 Å². The van der Waals surface area contributed by atoms with Crippen molar-refractivity contribution in [3.63, 3.8) is 0 Å². The molecule has 4 nitrogen and oxygen atoms in total. The highest BCUT2D eigenvalue weighted by atomic mass is 35.5. The lowest BCUT2D eigenvalue weighted by Crippen LogP contribution is -2.12. The third kappa shape index (κ3) is 2.84. The minimum absolute atomic E-state index is 0.217. The molecule has 18 heavy (non-hydrogen) atoms. The van der Waals surface area contributed by atoms with Gasteiger partial charge in [0.05, 0.1) is 17.4 Å². The van der Waals surface area contributed by atoms with E-state index in [1.807, 2.05) is 13.8 Å². The van der Waals surface area contributed by atoms with Gasteiger partial charge in [-0.25, -0.2) is 4.98 Å². The number of amides is 1. The van der Waals surface area contributed by atoms with Gasteiger partial charge in [0, 0.05) is 11.9 Å². The maximum absolute atomic E-state index is 11.9. The average molecular weight is 262 g/mol. The van der Waals surface area contributed by atoms with Gasteiger partial charge in [-0.1, -0.05) is 11.6 Å². The molecular weight excluding hydrogens is 250 g/mol. The number of hydrogen-bond donors (Lipinski definition) is 1. The Labute approximate surface area is 110 Å². The number of anilines is 1. The predicted octanol–water partition coefficient (Wildman–Crippen LogP) is 3.00. The lowest BCUT2D eigenvalue weighted by atomic mass is 10.2. The summed E-state index contributed by atoms with van der Waals surface area (Å²) in [5.74, 6) is -0.217. The molecule has 92 valence electrons. The highest BCUT2D eigenvalue weighted by Crippen LogP contribution is 2.16. The van der Waals surface area contributed by atoms with Gasteiger partial charge >= 0.3 is 0 Å². The van der Waals surface area contributed by atoms with E-state index in [1.165, 1.54) is 6.20 Å². The molecule has 0 radical (unpaired) electrons. The highest BCUT2D eigenvalue weighted by molar-refractivity contribution is 6.30. The van der Waals surface area contributed by atoms with E-state index in [4.69, 9.17) is 11.6 Å². The number of nitrogens with zero attached hydrogens (tertiary/aromatic N) is 2. The number of aryl methyl sites for hydroxylation is 2. The molecule has 2 aromatic heterocycles. The summed E-state index contributed by atoms with van der Waals surface area (Å²) in [5, 5.41) is 3.18. The number of halogens is 1. The Morgan fingerprint density at radius 2 is 2.00 bits per heavy atom. The van der Waals surface area contributed by atoms with Crippen LogP contribution in [0.3, 0.4) is 0 Å². The summed E-state index contributed by atoms with van der Waals surface area (Å²) in [7, 11) is 0. The molecule has 0 bridgehead atoms. The van der Waals surface area contributed by atoms with Crippen molar-refractivity contribution in [2.45, 2.75) is 13.8 Å². The van der Waals surface area contributed by atoms with Crippen LogP contribution in [-0.4, -0.2) is 15.9 Å². The number of hydrogen-bond acceptors (Lipinski definition) is 3. The standard InChI is InChI=1S/C13H12ClN3O/c1-8-5-11(7-16-12(8)14)17-13(18)10-4-3-9(2)15-6-10/h3-7H,1-2H3,(H,17,18). The maximum atomic E-state index is 11.9. The van der Waals surface area contributed by atoms with Crippen molar-refractivity contribution < 1.29 is 4.79 Å². The molecule has 0 aliphatic rings. The summed E-state index contributed by atoms with van der Waals surface area (Å²) in [6.45, 7) is 3.70. The maximum Gasteiger partial charge on any atom is 0.257 e. The van der Waals surface area contributed by atoms with Gasteiger partial charge in [0.1, 0.15) is 5.15 Å². The third-order valence-corrected chi connectivity index (χ3v) is 2.84. The first kappa shape index (κ1) is 12.5. The average Bonchev–Trinajstić information content (AvgIpc) is 2.34. The van der Waals surface area contributed by atoms with Crippen LogP contribution in [0, 0.1) is 13.8 Å². The molecule has 0 aromatic carbocycles. The van der Waals surface area contributed by atoms with Crippen molar-refractivity contribution in [1.82, 2.24) is 9.97 Å². The molecule has 0 spiro atoms. The normalized spacial score (nSPS) is 10.2. The van der Waals surface area contributed by atoms with Crippen LogP contribution in [0.25, 0.3) is 0 Å². The van der Waals surface area contributed by atoms with Gasteiger partial charge in [0.15, 0.2) is 0 Å². The Hall–Kier alpha value is -1.94. The van der Waals surface area contributed by atoms with Crippen molar-refractivity contribution in [1.29, 1.82) is 0 Å². The number of aromatic nitrogens is 2. The summed E-state index contributed by atoms with van der Waals surface area (Å²) in [4.78, 5) is 20.0. The van der Waals surface area contributed by atoms with E-state index < -0.39 is 0 Å². The molecule has 0 unspecified atom stereocenters. The lowest BCUT2D eigenvalue weighted by molar-refractivity contribution is 0.102. The van der Waals surface area contributed by atoms with E-state index in [1.54, 1.807) is 24.4 Å². The number of nitrogens with one attached hydrogen (secondary N) is 1. The third-order valence-electron chi connectivity index (χ3n) is 2.45. The molecule has 1 amide bonds. The van der Waals surface area contributed by atoms with Gasteiger partial charge in [0.2, 0.25) is 0 Å². The lowest BCUT2D eigenvalue weighted by Gasteiger charge is -2.06.